The number of carbonyl (C=O) groups excluding carboxylic acids is 2. The zero-order chi connectivity index (χ0) is 24.0. The molecule has 0 aliphatic heterocycles. The molecule has 3 heterocycles. The van der Waals surface area contributed by atoms with E-state index in [-0.39, 0.29) is 23.3 Å². The first-order valence-electron chi connectivity index (χ1n) is 9.82. The van der Waals surface area contributed by atoms with E-state index in [1.165, 1.54) is 10.9 Å². The molecule has 0 aromatic carbocycles. The average molecular weight is 490 g/mol. The third kappa shape index (κ3) is 6.50. The summed E-state index contributed by atoms with van der Waals surface area (Å²) in [5.41, 5.74) is 1.85. The maximum absolute atomic E-state index is 12.5. The van der Waals surface area contributed by atoms with Crippen LogP contribution in [-0.4, -0.2) is 37.0 Å². The summed E-state index contributed by atoms with van der Waals surface area (Å²) in [6.07, 6.45) is 2.27. The van der Waals surface area contributed by atoms with E-state index in [1.54, 1.807) is 44.4 Å². The van der Waals surface area contributed by atoms with Crippen molar-refractivity contribution in [3.63, 3.8) is 0 Å². The maximum Gasteiger partial charge on any atom is 0.413 e. The van der Waals surface area contributed by atoms with Gasteiger partial charge in [-0.3, -0.25) is 15.1 Å². The fraction of sp³-hybridized carbons (Fsp3) is 0.238. The molecule has 33 heavy (non-hydrogen) atoms. The van der Waals surface area contributed by atoms with Crippen molar-refractivity contribution < 1.29 is 14.3 Å². The van der Waals surface area contributed by atoms with Gasteiger partial charge in [-0.15, -0.1) is 5.10 Å². The number of nitrogens with one attached hydrogen (secondary N) is 2. The van der Waals surface area contributed by atoms with Gasteiger partial charge in [0.2, 0.25) is 5.91 Å². The summed E-state index contributed by atoms with van der Waals surface area (Å²) >= 11 is 11.7. The fourth-order valence-corrected chi connectivity index (χ4v) is 3.17. The smallest absolute Gasteiger partial charge is 0.413 e. The zero-order valence-corrected chi connectivity index (χ0v) is 19.4. The first kappa shape index (κ1) is 24.1. The highest BCUT2D eigenvalue weighted by atomic mass is 35.5. The SMILES string of the molecule is C=C(Cl)CCC(=O)Nc1ccc(-c2nnn(C)c2NC(=O)O[C@H](C)c2cccnc2Cl)nc1. The van der Waals surface area contributed by atoms with E-state index >= 15 is 0 Å². The van der Waals surface area contributed by atoms with Crippen molar-refractivity contribution in [2.24, 2.45) is 7.05 Å². The van der Waals surface area contributed by atoms with Crippen LogP contribution >= 0.6 is 23.2 Å². The Labute approximate surface area is 200 Å². The van der Waals surface area contributed by atoms with E-state index in [2.05, 4.69) is 37.5 Å². The van der Waals surface area contributed by atoms with Crippen LogP contribution < -0.4 is 10.6 Å². The minimum Gasteiger partial charge on any atom is -0.441 e. The van der Waals surface area contributed by atoms with E-state index < -0.39 is 12.2 Å². The predicted molar refractivity (Wildman–Crippen MR) is 125 cm³/mol. The highest BCUT2D eigenvalue weighted by Gasteiger charge is 2.20. The Morgan fingerprint density at radius 2 is 2.00 bits per heavy atom. The molecular formula is C21H21Cl2N7O3. The highest BCUT2D eigenvalue weighted by Crippen LogP contribution is 2.26. The molecule has 2 amide bonds. The molecule has 2 N–H and O–H groups in total. The van der Waals surface area contributed by atoms with Gasteiger partial charge in [0, 0.05) is 30.3 Å². The van der Waals surface area contributed by atoms with E-state index in [0.29, 0.717) is 34.1 Å². The zero-order valence-electron chi connectivity index (χ0n) is 17.9. The molecule has 12 heteroatoms. The average Bonchev–Trinajstić information content (AvgIpc) is 3.13. The number of hydrogen-bond acceptors (Lipinski definition) is 7. The molecule has 10 nitrogen and oxygen atoms in total. The maximum atomic E-state index is 12.5. The van der Waals surface area contributed by atoms with Crippen LogP contribution in [-0.2, 0) is 16.6 Å². The number of halogens is 2. The molecule has 0 saturated carbocycles. The fourth-order valence-electron chi connectivity index (χ4n) is 2.80. The van der Waals surface area contributed by atoms with Gasteiger partial charge in [0.1, 0.15) is 11.3 Å². The summed E-state index contributed by atoms with van der Waals surface area (Å²) in [7, 11) is 1.62. The molecule has 0 saturated heterocycles. The number of nitrogens with zero attached hydrogens (tertiary/aromatic N) is 5. The molecule has 0 aliphatic carbocycles. The lowest BCUT2D eigenvalue weighted by molar-refractivity contribution is -0.116. The summed E-state index contributed by atoms with van der Waals surface area (Å²) in [5, 5.41) is 14.0. The Hall–Kier alpha value is -3.50. The molecule has 3 aromatic rings. The van der Waals surface area contributed by atoms with E-state index in [0.717, 1.165) is 0 Å². The minimum atomic E-state index is -0.723. The number of carbonyl (C=O) groups is 2. The summed E-state index contributed by atoms with van der Waals surface area (Å²) in [5.74, 6) is 0.0770. The number of aryl methyl sites for hydroxylation is 1. The van der Waals surface area contributed by atoms with Crippen LogP contribution in [0, 0.1) is 0 Å². The normalized spacial score (nSPS) is 11.5. The topological polar surface area (TPSA) is 124 Å². The quantitative estimate of drug-likeness (QED) is 0.439. The summed E-state index contributed by atoms with van der Waals surface area (Å²) in [6, 6.07) is 6.74. The number of allylic oxidation sites excluding steroid dienone is 1. The second-order valence-electron chi connectivity index (χ2n) is 6.96. The molecule has 0 bridgehead atoms. The van der Waals surface area contributed by atoms with Crippen LogP contribution in [0.1, 0.15) is 31.4 Å². The van der Waals surface area contributed by atoms with Gasteiger partial charge in [-0.05, 0) is 31.5 Å². The van der Waals surface area contributed by atoms with Crippen LogP contribution in [0.25, 0.3) is 11.4 Å². The standard InChI is InChI=1S/C21H21Cl2N7O3/c1-12(22)6-9-17(31)26-14-7-8-16(25-11-14)18-20(30(3)29-28-18)27-21(32)33-13(2)15-5-4-10-24-19(15)23/h4-5,7-8,10-11,13H,1,6,9H2,2-3H3,(H,26,31)(H,27,32)/t13-/m1/s1. The van der Waals surface area contributed by atoms with Crippen LogP contribution in [0.4, 0.5) is 16.3 Å². The Bertz CT molecular complexity index is 1160. The number of rotatable bonds is 8. The van der Waals surface area contributed by atoms with Crippen molar-refractivity contribution >= 4 is 46.7 Å². The molecule has 0 radical (unpaired) electrons. The lowest BCUT2D eigenvalue weighted by atomic mass is 10.2. The Kier molecular flexibility index (Phi) is 7.96. The molecule has 172 valence electrons. The monoisotopic (exact) mass is 489 g/mol. The summed E-state index contributed by atoms with van der Waals surface area (Å²) in [6.45, 7) is 5.24. The van der Waals surface area contributed by atoms with Crippen LogP contribution in [0.15, 0.2) is 48.3 Å². The van der Waals surface area contributed by atoms with Gasteiger partial charge >= 0.3 is 6.09 Å². The van der Waals surface area contributed by atoms with Crippen LogP contribution in [0.3, 0.4) is 0 Å². The molecule has 1 atom stereocenters. The summed E-state index contributed by atoms with van der Waals surface area (Å²) < 4.78 is 6.80. The third-order valence-corrected chi connectivity index (χ3v) is 4.97. The van der Waals surface area contributed by atoms with Gasteiger partial charge in [0.25, 0.3) is 0 Å². The molecule has 3 rings (SSSR count). The molecule has 0 spiro atoms. The second kappa shape index (κ2) is 10.9. The Balaban J connectivity index is 1.68. The van der Waals surface area contributed by atoms with Crippen molar-refractivity contribution in [3.8, 4) is 11.4 Å². The van der Waals surface area contributed by atoms with Gasteiger partial charge in [-0.1, -0.05) is 41.1 Å². The van der Waals surface area contributed by atoms with Crippen molar-refractivity contribution in [3.05, 3.63) is 59.0 Å². The first-order valence-corrected chi connectivity index (χ1v) is 10.6. The van der Waals surface area contributed by atoms with Crippen LogP contribution in [0.2, 0.25) is 5.15 Å². The van der Waals surface area contributed by atoms with Gasteiger partial charge in [-0.25, -0.2) is 14.5 Å². The lowest BCUT2D eigenvalue weighted by Gasteiger charge is -2.15. The van der Waals surface area contributed by atoms with Crippen molar-refractivity contribution in [1.29, 1.82) is 0 Å². The summed E-state index contributed by atoms with van der Waals surface area (Å²) in [4.78, 5) is 32.7. The van der Waals surface area contributed by atoms with Crippen molar-refractivity contribution in [2.75, 3.05) is 10.6 Å². The number of amides is 2. The Morgan fingerprint density at radius 3 is 2.67 bits per heavy atom. The van der Waals surface area contributed by atoms with Gasteiger partial charge in [0.05, 0.1) is 17.6 Å². The van der Waals surface area contributed by atoms with Crippen molar-refractivity contribution in [1.82, 2.24) is 25.0 Å². The van der Waals surface area contributed by atoms with Gasteiger partial charge in [-0.2, -0.15) is 0 Å². The predicted octanol–water partition coefficient (Wildman–Crippen LogP) is 4.71. The van der Waals surface area contributed by atoms with Gasteiger partial charge < -0.3 is 10.1 Å². The molecule has 3 aromatic heterocycles. The van der Waals surface area contributed by atoms with Gasteiger partial charge in [0.15, 0.2) is 11.5 Å². The number of pyridine rings is 2. The van der Waals surface area contributed by atoms with Crippen LogP contribution in [0.5, 0.6) is 0 Å². The second-order valence-corrected chi connectivity index (χ2v) is 7.86. The minimum absolute atomic E-state index is 0.209. The van der Waals surface area contributed by atoms with Crippen molar-refractivity contribution in [2.45, 2.75) is 25.9 Å². The Morgan fingerprint density at radius 1 is 1.21 bits per heavy atom. The third-order valence-electron chi connectivity index (χ3n) is 4.47. The lowest BCUT2D eigenvalue weighted by Crippen LogP contribution is -2.18. The first-order chi connectivity index (χ1) is 15.7. The molecule has 0 aliphatic rings. The van der Waals surface area contributed by atoms with E-state index in [4.69, 9.17) is 27.9 Å². The molecule has 0 fully saturated rings. The largest absolute Gasteiger partial charge is 0.441 e. The number of ether oxygens (including phenoxy) is 1. The number of hydrogen-bond donors (Lipinski definition) is 2. The number of anilines is 2. The highest BCUT2D eigenvalue weighted by molar-refractivity contribution is 6.30. The van der Waals surface area contributed by atoms with E-state index in [1.807, 2.05) is 0 Å². The van der Waals surface area contributed by atoms with E-state index in [9.17, 15) is 9.59 Å². The number of aromatic nitrogens is 5. The molecule has 0 unspecified atom stereocenters. The molecular weight excluding hydrogens is 469 g/mol.